The van der Waals surface area contributed by atoms with E-state index >= 15 is 0 Å². The van der Waals surface area contributed by atoms with E-state index in [-0.39, 0.29) is 17.1 Å². The van der Waals surface area contributed by atoms with Gasteiger partial charge in [-0.1, -0.05) is 36.4 Å². The summed E-state index contributed by atoms with van der Waals surface area (Å²) in [7, 11) is -3.84. The molecule has 0 N–H and O–H groups in total. The summed E-state index contributed by atoms with van der Waals surface area (Å²) in [5, 5.41) is 0. The Morgan fingerprint density at radius 2 is 1.56 bits per heavy atom. The molecular weight excluding hydrogens is 255 g/mol. The zero-order valence-corrected chi connectivity index (χ0v) is 10.2. The number of benzene rings is 2. The van der Waals surface area contributed by atoms with Crippen LogP contribution in [0.15, 0.2) is 59.5 Å². The monoisotopic (exact) mass is 266 g/mol. The highest BCUT2D eigenvalue weighted by Crippen LogP contribution is 2.15. The van der Waals surface area contributed by atoms with Crippen molar-refractivity contribution in [2.45, 2.75) is 11.5 Å². The van der Waals surface area contributed by atoms with Crippen LogP contribution in [0.5, 0.6) is 0 Å². The van der Waals surface area contributed by atoms with Crippen molar-refractivity contribution >= 4 is 10.1 Å². The van der Waals surface area contributed by atoms with Crippen LogP contribution in [-0.2, 0) is 20.9 Å². The highest BCUT2D eigenvalue weighted by molar-refractivity contribution is 7.86. The molecule has 0 aliphatic heterocycles. The first-order chi connectivity index (χ1) is 8.59. The molecule has 0 saturated carbocycles. The van der Waals surface area contributed by atoms with Crippen molar-refractivity contribution in [3.63, 3.8) is 0 Å². The van der Waals surface area contributed by atoms with Crippen LogP contribution < -0.4 is 0 Å². The van der Waals surface area contributed by atoms with Gasteiger partial charge in [0.2, 0.25) is 0 Å². The average molecular weight is 266 g/mol. The molecule has 0 heterocycles. The maximum Gasteiger partial charge on any atom is 0.297 e. The van der Waals surface area contributed by atoms with E-state index in [4.69, 9.17) is 4.18 Å². The lowest BCUT2D eigenvalue weighted by molar-refractivity contribution is 0.302. The summed E-state index contributed by atoms with van der Waals surface area (Å²) < 4.78 is 41.7. The van der Waals surface area contributed by atoms with Crippen LogP contribution >= 0.6 is 0 Å². The number of hydrogen-bond donors (Lipinski definition) is 0. The molecule has 0 amide bonds. The van der Waals surface area contributed by atoms with Gasteiger partial charge in [0, 0.05) is 5.56 Å². The quantitative estimate of drug-likeness (QED) is 0.799. The molecule has 0 radical (unpaired) electrons. The van der Waals surface area contributed by atoms with E-state index in [9.17, 15) is 12.8 Å². The van der Waals surface area contributed by atoms with Crippen molar-refractivity contribution < 1.29 is 17.0 Å². The smallest absolute Gasteiger partial charge is 0.261 e. The van der Waals surface area contributed by atoms with Gasteiger partial charge in [0.1, 0.15) is 5.82 Å². The van der Waals surface area contributed by atoms with Crippen molar-refractivity contribution in [3.05, 3.63) is 66.0 Å². The molecule has 0 unspecified atom stereocenters. The fourth-order valence-corrected chi connectivity index (χ4v) is 2.32. The van der Waals surface area contributed by atoms with Gasteiger partial charge in [-0.3, -0.25) is 4.18 Å². The van der Waals surface area contributed by atoms with E-state index in [1.54, 1.807) is 24.3 Å². The van der Waals surface area contributed by atoms with Crippen LogP contribution in [0.3, 0.4) is 0 Å². The molecule has 18 heavy (non-hydrogen) atoms. The molecule has 2 rings (SSSR count). The maximum atomic E-state index is 13.3. The number of halogens is 1. The minimum absolute atomic E-state index is 0.0568. The van der Waals surface area contributed by atoms with E-state index in [1.807, 2.05) is 0 Å². The van der Waals surface area contributed by atoms with Crippen LogP contribution in [-0.4, -0.2) is 8.42 Å². The Balaban J connectivity index is 2.14. The highest BCUT2D eigenvalue weighted by atomic mass is 32.2. The largest absolute Gasteiger partial charge is 0.297 e. The normalized spacial score (nSPS) is 11.4. The van der Waals surface area contributed by atoms with Gasteiger partial charge in [0.05, 0.1) is 11.5 Å². The fourth-order valence-electron chi connectivity index (χ4n) is 1.41. The lowest BCUT2D eigenvalue weighted by Gasteiger charge is -2.06. The van der Waals surface area contributed by atoms with Gasteiger partial charge in [0.15, 0.2) is 0 Å². The van der Waals surface area contributed by atoms with Crippen molar-refractivity contribution in [1.82, 2.24) is 0 Å². The second-order valence-electron chi connectivity index (χ2n) is 3.62. The summed E-state index contributed by atoms with van der Waals surface area (Å²) in [5.74, 6) is -0.485. The van der Waals surface area contributed by atoms with Crippen LogP contribution in [0.25, 0.3) is 0 Å². The van der Waals surface area contributed by atoms with Crippen molar-refractivity contribution in [3.8, 4) is 0 Å². The van der Waals surface area contributed by atoms with Gasteiger partial charge in [-0.2, -0.15) is 8.42 Å². The zero-order valence-electron chi connectivity index (χ0n) is 9.41. The Bertz CT molecular complexity index is 624. The SMILES string of the molecule is O=S(=O)(OCc1ccccc1F)c1ccccc1. The zero-order chi connectivity index (χ0) is 13.0. The lowest BCUT2D eigenvalue weighted by atomic mass is 10.2. The molecule has 0 bridgehead atoms. The van der Waals surface area contributed by atoms with E-state index in [1.165, 1.54) is 30.3 Å². The summed E-state index contributed by atoms with van der Waals surface area (Å²) in [6.07, 6.45) is 0. The second kappa shape index (κ2) is 5.29. The molecule has 0 aromatic heterocycles. The molecule has 5 heteroatoms. The van der Waals surface area contributed by atoms with Crippen molar-refractivity contribution in [1.29, 1.82) is 0 Å². The van der Waals surface area contributed by atoms with Crippen molar-refractivity contribution in [2.24, 2.45) is 0 Å². The van der Waals surface area contributed by atoms with Gasteiger partial charge < -0.3 is 0 Å². The molecule has 94 valence electrons. The minimum Gasteiger partial charge on any atom is -0.261 e. The molecule has 0 saturated heterocycles. The van der Waals surface area contributed by atoms with Crippen LogP contribution in [0.2, 0.25) is 0 Å². The molecule has 0 spiro atoms. The number of rotatable bonds is 4. The Morgan fingerprint density at radius 3 is 2.22 bits per heavy atom. The first-order valence-electron chi connectivity index (χ1n) is 5.27. The van der Waals surface area contributed by atoms with Crippen LogP contribution in [0.1, 0.15) is 5.56 Å². The Kier molecular flexibility index (Phi) is 3.74. The Labute approximate surface area is 105 Å². The third-order valence-corrected chi connectivity index (χ3v) is 3.64. The summed E-state index contributed by atoms with van der Waals surface area (Å²) in [4.78, 5) is 0.0568. The Morgan fingerprint density at radius 1 is 0.944 bits per heavy atom. The van der Waals surface area contributed by atoms with Crippen molar-refractivity contribution in [2.75, 3.05) is 0 Å². The van der Waals surface area contributed by atoms with E-state index in [0.717, 1.165) is 0 Å². The summed E-state index contributed by atoms with van der Waals surface area (Å²) in [5.41, 5.74) is 0.206. The molecule has 0 aliphatic rings. The van der Waals surface area contributed by atoms with Gasteiger partial charge in [-0.05, 0) is 18.2 Å². The predicted octanol–water partition coefficient (Wildman–Crippen LogP) is 2.73. The standard InChI is InChI=1S/C13H11FO3S/c14-13-9-5-4-6-11(13)10-17-18(15,16)12-7-2-1-3-8-12/h1-9H,10H2. The molecule has 3 nitrogen and oxygen atoms in total. The van der Waals surface area contributed by atoms with E-state index < -0.39 is 15.9 Å². The molecular formula is C13H11FO3S. The molecule has 0 fully saturated rings. The van der Waals surface area contributed by atoms with Crippen LogP contribution in [0.4, 0.5) is 4.39 Å². The van der Waals surface area contributed by atoms with Gasteiger partial charge in [-0.15, -0.1) is 0 Å². The van der Waals surface area contributed by atoms with Gasteiger partial charge in [0.25, 0.3) is 10.1 Å². The minimum atomic E-state index is -3.84. The number of hydrogen-bond acceptors (Lipinski definition) is 3. The fraction of sp³-hybridized carbons (Fsp3) is 0.0769. The molecule has 0 aliphatic carbocycles. The first-order valence-corrected chi connectivity index (χ1v) is 6.68. The van der Waals surface area contributed by atoms with Gasteiger partial charge >= 0.3 is 0 Å². The molecule has 2 aromatic carbocycles. The molecule has 2 aromatic rings. The summed E-state index contributed by atoms with van der Waals surface area (Å²) in [6.45, 7) is -0.316. The summed E-state index contributed by atoms with van der Waals surface area (Å²) in [6, 6.07) is 13.6. The molecule has 0 atom stereocenters. The third kappa shape index (κ3) is 2.94. The maximum absolute atomic E-state index is 13.3. The topological polar surface area (TPSA) is 43.4 Å². The summed E-state index contributed by atoms with van der Waals surface area (Å²) >= 11 is 0. The lowest BCUT2D eigenvalue weighted by Crippen LogP contribution is -2.07. The highest BCUT2D eigenvalue weighted by Gasteiger charge is 2.15. The van der Waals surface area contributed by atoms with E-state index in [2.05, 4.69) is 0 Å². The second-order valence-corrected chi connectivity index (χ2v) is 5.24. The predicted molar refractivity (Wildman–Crippen MR) is 64.8 cm³/mol. The first kappa shape index (κ1) is 12.7. The third-order valence-electron chi connectivity index (χ3n) is 2.36. The van der Waals surface area contributed by atoms with Crippen LogP contribution in [0, 0.1) is 5.82 Å². The Hall–Kier alpha value is -1.72. The van der Waals surface area contributed by atoms with E-state index in [0.29, 0.717) is 0 Å². The van der Waals surface area contributed by atoms with Gasteiger partial charge in [-0.25, -0.2) is 4.39 Å². The average Bonchev–Trinajstić information content (AvgIpc) is 2.39.